The van der Waals surface area contributed by atoms with E-state index in [2.05, 4.69) is 4.99 Å². The van der Waals surface area contributed by atoms with Gasteiger partial charge >= 0.3 is 5.97 Å². The fourth-order valence-corrected chi connectivity index (χ4v) is 5.80. The molecule has 0 radical (unpaired) electrons. The minimum absolute atomic E-state index is 0.0589. The molecule has 0 N–H and O–H groups in total. The number of carbonyl (C=O) groups excluding carboxylic acids is 2. The predicted molar refractivity (Wildman–Crippen MR) is 130 cm³/mol. The zero-order valence-corrected chi connectivity index (χ0v) is 19.9. The minimum atomic E-state index is -0.661. The van der Waals surface area contributed by atoms with Gasteiger partial charge in [-0.1, -0.05) is 36.0 Å². The Morgan fingerprint density at radius 1 is 1.21 bits per heavy atom. The van der Waals surface area contributed by atoms with E-state index in [1.807, 2.05) is 54.0 Å². The monoisotopic (exact) mass is 478 g/mol. The Hall–Kier alpha value is -3.17. The van der Waals surface area contributed by atoms with E-state index in [0.717, 1.165) is 21.8 Å². The van der Waals surface area contributed by atoms with Crippen LogP contribution in [-0.2, 0) is 14.3 Å². The molecule has 1 fully saturated rings. The maximum absolute atomic E-state index is 13.2. The lowest BCUT2D eigenvalue weighted by molar-refractivity contribution is -0.139. The predicted octanol–water partition coefficient (Wildman–Crippen LogP) is 4.81. The number of nitrogens with zero attached hydrogens (tertiary/aromatic N) is 4. The van der Waals surface area contributed by atoms with Crippen LogP contribution in [-0.4, -0.2) is 44.1 Å². The second-order valence-corrected chi connectivity index (χ2v) is 9.58. The van der Waals surface area contributed by atoms with Crippen LogP contribution in [0.25, 0.3) is 16.3 Å². The molecule has 1 amide bonds. The topological polar surface area (TPSA) is 76.8 Å². The van der Waals surface area contributed by atoms with E-state index in [-0.39, 0.29) is 12.5 Å². The van der Waals surface area contributed by atoms with Crippen molar-refractivity contribution in [2.24, 2.45) is 4.99 Å². The Kier molecular flexibility index (Phi) is 5.90. The summed E-state index contributed by atoms with van der Waals surface area (Å²) < 4.78 is 7.21. The molecule has 7 nitrogen and oxygen atoms in total. The smallest absolute Gasteiger partial charge is 0.338 e. The summed E-state index contributed by atoms with van der Waals surface area (Å²) >= 11 is 3.10. The highest BCUT2D eigenvalue weighted by atomic mass is 32.2. The number of para-hydroxylation sites is 1. The van der Waals surface area contributed by atoms with Crippen LogP contribution in [0.4, 0.5) is 0 Å². The Labute approximate surface area is 199 Å². The number of carbonyl (C=O) groups is 2. The first-order valence-electron chi connectivity index (χ1n) is 10.7. The van der Waals surface area contributed by atoms with Crippen molar-refractivity contribution in [2.75, 3.05) is 12.4 Å². The molecule has 2 aliphatic rings. The maximum Gasteiger partial charge on any atom is 0.338 e. The molecule has 3 aromatic rings. The van der Waals surface area contributed by atoms with Crippen LogP contribution in [0.1, 0.15) is 31.9 Å². The van der Waals surface area contributed by atoms with Crippen molar-refractivity contribution in [3.63, 3.8) is 0 Å². The summed E-state index contributed by atoms with van der Waals surface area (Å²) in [5, 5.41) is 7.50. The number of aromatic nitrogens is 2. The molecular formula is C24H22N4O3S2. The van der Waals surface area contributed by atoms with Crippen LogP contribution in [0.2, 0.25) is 0 Å². The number of esters is 1. The third kappa shape index (κ3) is 3.91. The highest BCUT2D eigenvalue weighted by Gasteiger charge is 2.43. The number of thioether (sulfide) groups is 1. The number of hydrogen-bond acceptors (Lipinski definition) is 7. The van der Waals surface area contributed by atoms with Gasteiger partial charge in [-0.05, 0) is 37.4 Å². The first-order valence-corrected chi connectivity index (χ1v) is 12.5. The number of thiophene rings is 1. The van der Waals surface area contributed by atoms with Crippen molar-refractivity contribution in [3.8, 4) is 16.3 Å². The normalized spacial score (nSPS) is 18.2. The molecule has 2 aromatic heterocycles. The molecule has 33 heavy (non-hydrogen) atoms. The lowest BCUT2D eigenvalue weighted by Gasteiger charge is -2.38. The standard InChI is InChI=1S/C24H22N4O3S2/c1-3-31-23(30)20-15(2)25-24-28(19(29)11-13-33-24)22(20)17-14-27(16-8-5-4-6-9-16)26-21(17)18-10-7-12-32-18/h4-10,12,14,22H,3,11,13H2,1-2H3. The number of fused-ring (bicyclic) bond motifs is 1. The van der Waals surface area contributed by atoms with Gasteiger partial charge < -0.3 is 4.74 Å². The van der Waals surface area contributed by atoms with E-state index < -0.39 is 12.0 Å². The van der Waals surface area contributed by atoms with Gasteiger partial charge in [0.15, 0.2) is 5.17 Å². The Balaban J connectivity index is 1.74. The van der Waals surface area contributed by atoms with Gasteiger partial charge in [0.1, 0.15) is 11.7 Å². The molecule has 0 saturated carbocycles. The lowest BCUT2D eigenvalue weighted by atomic mass is 9.94. The summed E-state index contributed by atoms with van der Waals surface area (Å²) in [6, 6.07) is 13.1. The summed E-state index contributed by atoms with van der Waals surface area (Å²) in [7, 11) is 0. The lowest BCUT2D eigenvalue weighted by Crippen LogP contribution is -2.45. The van der Waals surface area contributed by atoms with Crippen LogP contribution >= 0.6 is 23.1 Å². The number of amidine groups is 1. The van der Waals surface area contributed by atoms with E-state index >= 15 is 0 Å². The first-order chi connectivity index (χ1) is 16.1. The van der Waals surface area contributed by atoms with Crippen LogP contribution in [0.5, 0.6) is 0 Å². The summed E-state index contributed by atoms with van der Waals surface area (Å²) in [6.07, 6.45) is 2.30. The molecule has 9 heteroatoms. The second-order valence-electron chi connectivity index (χ2n) is 7.57. The zero-order valence-electron chi connectivity index (χ0n) is 18.2. The maximum atomic E-state index is 13.2. The molecule has 0 spiro atoms. The molecule has 5 rings (SSSR count). The van der Waals surface area contributed by atoms with Crippen molar-refractivity contribution < 1.29 is 14.3 Å². The zero-order chi connectivity index (χ0) is 22.9. The molecule has 1 saturated heterocycles. The van der Waals surface area contributed by atoms with E-state index in [1.54, 1.807) is 34.8 Å². The molecule has 4 heterocycles. The number of hydrogen-bond donors (Lipinski definition) is 0. The minimum Gasteiger partial charge on any atom is -0.463 e. The van der Waals surface area contributed by atoms with Gasteiger partial charge in [0, 0.05) is 23.9 Å². The van der Waals surface area contributed by atoms with Crippen LogP contribution in [0.3, 0.4) is 0 Å². The third-order valence-corrected chi connectivity index (χ3v) is 7.35. The highest BCUT2D eigenvalue weighted by Crippen LogP contribution is 2.44. The van der Waals surface area contributed by atoms with Crippen molar-refractivity contribution in [1.29, 1.82) is 0 Å². The second kappa shape index (κ2) is 8.99. The number of benzene rings is 1. The fraction of sp³-hybridized carbons (Fsp3) is 0.250. The summed E-state index contributed by atoms with van der Waals surface area (Å²) in [4.78, 5) is 33.5. The number of aliphatic imine (C=N–C) groups is 1. The van der Waals surface area contributed by atoms with Gasteiger partial charge in [0.2, 0.25) is 5.91 Å². The van der Waals surface area contributed by atoms with E-state index in [9.17, 15) is 9.59 Å². The molecule has 0 bridgehead atoms. The van der Waals surface area contributed by atoms with Gasteiger partial charge in [-0.25, -0.2) is 14.5 Å². The van der Waals surface area contributed by atoms with Gasteiger partial charge in [-0.2, -0.15) is 5.10 Å². The van der Waals surface area contributed by atoms with E-state index in [1.165, 1.54) is 11.8 Å². The molecule has 0 aliphatic carbocycles. The van der Waals surface area contributed by atoms with Gasteiger partial charge in [-0.15, -0.1) is 11.3 Å². The third-order valence-electron chi connectivity index (χ3n) is 5.51. The Morgan fingerprint density at radius 2 is 2.03 bits per heavy atom. The average molecular weight is 479 g/mol. The van der Waals surface area contributed by atoms with Crippen molar-refractivity contribution in [1.82, 2.24) is 14.7 Å². The molecule has 2 aliphatic heterocycles. The SMILES string of the molecule is CCOC(=O)C1=C(C)N=C2SCCC(=O)N2C1c1cn(-c2ccccc2)nc1-c1cccs1. The van der Waals surface area contributed by atoms with Crippen molar-refractivity contribution in [2.45, 2.75) is 26.3 Å². The fourth-order valence-electron chi connectivity index (χ4n) is 4.07. The average Bonchev–Trinajstić information content (AvgIpc) is 3.49. The number of amides is 1. The van der Waals surface area contributed by atoms with Gasteiger partial charge in [0.25, 0.3) is 0 Å². The van der Waals surface area contributed by atoms with Crippen molar-refractivity contribution in [3.05, 3.63) is 70.9 Å². The van der Waals surface area contributed by atoms with Crippen LogP contribution < -0.4 is 0 Å². The largest absolute Gasteiger partial charge is 0.463 e. The summed E-state index contributed by atoms with van der Waals surface area (Å²) in [5.41, 5.74) is 3.34. The van der Waals surface area contributed by atoms with E-state index in [0.29, 0.717) is 28.6 Å². The number of ether oxygens (including phenoxy) is 1. The number of rotatable bonds is 5. The van der Waals surface area contributed by atoms with Crippen LogP contribution in [0, 0.1) is 0 Å². The van der Waals surface area contributed by atoms with Gasteiger partial charge in [0.05, 0.1) is 28.4 Å². The van der Waals surface area contributed by atoms with Gasteiger partial charge in [-0.3, -0.25) is 9.69 Å². The molecule has 1 atom stereocenters. The van der Waals surface area contributed by atoms with E-state index in [4.69, 9.17) is 9.84 Å². The van der Waals surface area contributed by atoms with Crippen LogP contribution in [0.15, 0.2) is 70.3 Å². The van der Waals surface area contributed by atoms with Crippen molar-refractivity contribution >= 4 is 40.1 Å². The number of allylic oxidation sites excluding steroid dienone is 1. The molecular weight excluding hydrogens is 456 g/mol. The summed E-state index contributed by atoms with van der Waals surface area (Å²) in [5.74, 6) is 0.149. The molecule has 168 valence electrons. The molecule has 1 aromatic carbocycles. The Bertz CT molecular complexity index is 1260. The first kappa shape index (κ1) is 21.7. The molecule has 1 unspecified atom stereocenters. The Morgan fingerprint density at radius 3 is 2.76 bits per heavy atom. The summed E-state index contributed by atoms with van der Waals surface area (Å²) in [6.45, 7) is 3.81. The quantitative estimate of drug-likeness (QED) is 0.492. The highest BCUT2D eigenvalue weighted by molar-refractivity contribution is 8.14.